The molecule has 192 valence electrons. The van der Waals surface area contributed by atoms with Crippen LogP contribution in [0.3, 0.4) is 0 Å². The quantitative estimate of drug-likeness (QED) is 0.0967. The van der Waals surface area contributed by atoms with E-state index < -0.39 is 11.9 Å². The number of nitrogens with zero attached hydrogens (tertiary/aromatic N) is 2. The van der Waals surface area contributed by atoms with Crippen LogP contribution in [0.25, 0.3) is 10.8 Å². The number of hydrogen-bond donors (Lipinski definition) is 4. The molecule has 0 aliphatic carbocycles. The molecular weight excluding hydrogens is 478 g/mol. The summed E-state index contributed by atoms with van der Waals surface area (Å²) in [5.41, 5.74) is 14.1. The van der Waals surface area contributed by atoms with Crippen molar-refractivity contribution < 1.29 is 9.90 Å². The number of aromatic hydroxyl groups is 1. The van der Waals surface area contributed by atoms with Gasteiger partial charge in [0.15, 0.2) is 5.75 Å². The predicted molar refractivity (Wildman–Crippen MR) is 155 cm³/mol. The van der Waals surface area contributed by atoms with E-state index in [9.17, 15) is 14.8 Å². The van der Waals surface area contributed by atoms with E-state index in [0.717, 1.165) is 11.0 Å². The molecule has 1 unspecified atom stereocenters. The summed E-state index contributed by atoms with van der Waals surface area (Å²) in [4.78, 5) is 27.3. The van der Waals surface area contributed by atoms with Crippen molar-refractivity contribution in [3.8, 4) is 5.75 Å². The maximum Gasteiger partial charge on any atom is 0.260 e. The van der Waals surface area contributed by atoms with E-state index in [0.29, 0.717) is 22.5 Å². The average Bonchev–Trinajstić information content (AvgIpc) is 2.93. The Morgan fingerprint density at radius 2 is 1.79 bits per heavy atom. The smallest absolute Gasteiger partial charge is 0.260 e. The minimum absolute atomic E-state index is 0.122. The minimum atomic E-state index is -0.592. The van der Waals surface area contributed by atoms with Crippen LogP contribution in [-0.4, -0.2) is 16.0 Å². The number of phenolic OH excluding ortho intramolecular Hbond substituents is 1. The standard InChI is InChI=1S/C16H13N3O2.C14H16N2O/c17-14-11-6-2-1-5-10(11)9-12(15(14)20)16(21)19-13-7-3-4-8-18-13;1-3-7-11(8-4-2)14(16-17)12-9-5-6-10-13(12)15/h1-9,20H,17H2,(H,18,19,21);3-10,14H,1,15H2,2H3/b;8-4-,11-7+. The zero-order chi connectivity index (χ0) is 27.5. The molecule has 4 aromatic rings. The number of amides is 1. The molecule has 1 aromatic heterocycles. The normalized spacial score (nSPS) is 11.9. The Morgan fingerprint density at radius 1 is 1.08 bits per heavy atom. The highest BCUT2D eigenvalue weighted by Gasteiger charge is 2.18. The number of fused-ring (bicyclic) bond motifs is 1. The predicted octanol–water partition coefficient (Wildman–Crippen LogP) is 6.54. The summed E-state index contributed by atoms with van der Waals surface area (Å²) in [5.74, 6) is -0.264. The zero-order valence-corrected chi connectivity index (χ0v) is 20.9. The van der Waals surface area contributed by atoms with Crippen molar-refractivity contribution in [2.75, 3.05) is 16.8 Å². The number of nitrogens with two attached hydrogens (primary N) is 2. The Hall–Kier alpha value is -5.24. The number of para-hydroxylation sites is 1. The Balaban J connectivity index is 0.000000216. The van der Waals surface area contributed by atoms with Crippen molar-refractivity contribution in [3.05, 3.63) is 131 Å². The van der Waals surface area contributed by atoms with Crippen molar-refractivity contribution in [2.45, 2.75) is 13.0 Å². The summed E-state index contributed by atoms with van der Waals surface area (Å²) in [5, 5.41) is 17.4. The first-order valence-electron chi connectivity index (χ1n) is 11.8. The van der Waals surface area contributed by atoms with Gasteiger partial charge in [-0.15, -0.1) is 4.91 Å². The van der Waals surface area contributed by atoms with Gasteiger partial charge in [-0.3, -0.25) is 4.79 Å². The molecule has 0 spiro atoms. The lowest BCUT2D eigenvalue weighted by Gasteiger charge is -2.12. The van der Waals surface area contributed by atoms with Crippen LogP contribution in [0.15, 0.2) is 121 Å². The van der Waals surface area contributed by atoms with Crippen LogP contribution >= 0.6 is 0 Å². The highest BCUT2D eigenvalue weighted by atomic mass is 16.3. The lowest BCUT2D eigenvalue weighted by Crippen LogP contribution is -2.13. The fraction of sp³-hybridized carbons (Fsp3) is 0.0667. The number of pyridine rings is 1. The van der Waals surface area contributed by atoms with E-state index in [1.54, 1.807) is 54.7 Å². The van der Waals surface area contributed by atoms with Crippen LogP contribution in [-0.2, 0) is 0 Å². The van der Waals surface area contributed by atoms with Gasteiger partial charge >= 0.3 is 0 Å². The third-order valence-electron chi connectivity index (χ3n) is 5.59. The summed E-state index contributed by atoms with van der Waals surface area (Å²) in [6.07, 6.45) is 8.65. The van der Waals surface area contributed by atoms with Gasteiger partial charge in [0.05, 0.1) is 11.3 Å². The summed E-state index contributed by atoms with van der Waals surface area (Å²) in [7, 11) is 0. The average molecular weight is 508 g/mol. The topological polar surface area (TPSA) is 144 Å². The van der Waals surface area contributed by atoms with Crippen LogP contribution in [0.4, 0.5) is 17.2 Å². The molecular formula is C30H29N5O3. The number of carbonyl (C=O) groups is 1. The molecule has 1 heterocycles. The van der Waals surface area contributed by atoms with Gasteiger partial charge in [-0.2, -0.15) is 0 Å². The molecule has 38 heavy (non-hydrogen) atoms. The van der Waals surface area contributed by atoms with Crippen molar-refractivity contribution in [3.63, 3.8) is 0 Å². The monoisotopic (exact) mass is 507 g/mol. The zero-order valence-electron chi connectivity index (χ0n) is 20.9. The van der Waals surface area contributed by atoms with Crippen molar-refractivity contribution in [2.24, 2.45) is 5.18 Å². The Labute approximate surface area is 221 Å². The maximum atomic E-state index is 12.3. The van der Waals surface area contributed by atoms with Crippen molar-refractivity contribution in [1.29, 1.82) is 0 Å². The summed E-state index contributed by atoms with van der Waals surface area (Å²) < 4.78 is 0. The fourth-order valence-electron chi connectivity index (χ4n) is 3.78. The number of hydrogen-bond acceptors (Lipinski definition) is 7. The number of rotatable bonds is 7. The molecule has 3 aromatic carbocycles. The first-order chi connectivity index (χ1) is 18.4. The van der Waals surface area contributed by atoms with Crippen LogP contribution < -0.4 is 16.8 Å². The van der Waals surface area contributed by atoms with E-state index in [2.05, 4.69) is 22.1 Å². The molecule has 0 radical (unpaired) electrons. The van der Waals surface area contributed by atoms with E-state index in [1.165, 1.54) is 0 Å². The number of aromatic nitrogens is 1. The first-order valence-corrected chi connectivity index (χ1v) is 11.8. The number of phenols is 1. The molecule has 8 nitrogen and oxygen atoms in total. The summed E-state index contributed by atoms with van der Waals surface area (Å²) >= 11 is 0. The second-order valence-corrected chi connectivity index (χ2v) is 8.12. The molecule has 0 aliphatic heterocycles. The minimum Gasteiger partial charge on any atom is -0.505 e. The third-order valence-corrected chi connectivity index (χ3v) is 5.59. The second-order valence-electron chi connectivity index (χ2n) is 8.12. The number of allylic oxidation sites excluding steroid dienone is 3. The number of nitroso groups, excluding NO2 is 1. The summed E-state index contributed by atoms with van der Waals surface area (Å²) in [6, 6.07) is 20.7. The van der Waals surface area contributed by atoms with Gasteiger partial charge in [-0.25, -0.2) is 4.98 Å². The van der Waals surface area contributed by atoms with Gasteiger partial charge in [0.2, 0.25) is 0 Å². The van der Waals surface area contributed by atoms with Crippen LogP contribution in [0, 0.1) is 4.91 Å². The SMILES string of the molecule is C=C/C=C(\C=C/C)C(N=O)c1ccccc1N.Nc1c(O)c(C(=O)Nc2ccccn2)cc2ccccc12. The van der Waals surface area contributed by atoms with Gasteiger partial charge in [-0.05, 0) is 42.1 Å². The van der Waals surface area contributed by atoms with Crippen molar-refractivity contribution >= 4 is 33.9 Å². The number of benzene rings is 3. The van der Waals surface area contributed by atoms with E-state index in [-0.39, 0.29) is 17.0 Å². The highest BCUT2D eigenvalue weighted by Crippen LogP contribution is 2.34. The molecule has 0 saturated heterocycles. The maximum absolute atomic E-state index is 12.3. The Bertz CT molecular complexity index is 1500. The molecule has 8 heteroatoms. The highest BCUT2D eigenvalue weighted by molar-refractivity contribution is 6.11. The number of carbonyl (C=O) groups excluding carboxylic acids is 1. The van der Waals surface area contributed by atoms with Crippen molar-refractivity contribution in [1.82, 2.24) is 4.98 Å². The van der Waals surface area contributed by atoms with E-state index in [1.807, 2.05) is 55.5 Å². The first kappa shape index (κ1) is 27.3. The molecule has 6 N–H and O–H groups in total. The lowest BCUT2D eigenvalue weighted by molar-refractivity contribution is 0.102. The number of anilines is 3. The van der Waals surface area contributed by atoms with Gasteiger partial charge < -0.3 is 21.9 Å². The van der Waals surface area contributed by atoms with Gasteiger partial charge in [0.1, 0.15) is 11.9 Å². The third kappa shape index (κ3) is 6.50. The Morgan fingerprint density at radius 3 is 2.45 bits per heavy atom. The largest absolute Gasteiger partial charge is 0.505 e. The molecule has 1 amide bonds. The number of nitrogens with one attached hydrogen (secondary N) is 1. The van der Waals surface area contributed by atoms with Gasteiger partial charge in [0.25, 0.3) is 5.91 Å². The Kier molecular flexibility index (Phi) is 9.48. The van der Waals surface area contributed by atoms with E-state index in [4.69, 9.17) is 11.5 Å². The molecule has 0 bridgehead atoms. The van der Waals surface area contributed by atoms with Gasteiger partial charge in [-0.1, -0.05) is 84.6 Å². The van der Waals surface area contributed by atoms with Crippen LogP contribution in [0.1, 0.15) is 28.9 Å². The molecule has 0 fully saturated rings. The lowest BCUT2D eigenvalue weighted by atomic mass is 9.97. The summed E-state index contributed by atoms with van der Waals surface area (Å²) in [6.45, 7) is 5.51. The molecule has 4 rings (SSSR count). The van der Waals surface area contributed by atoms with Crippen LogP contribution in [0.2, 0.25) is 0 Å². The molecule has 0 aliphatic rings. The number of nitrogen functional groups attached to an aromatic ring is 2. The van der Waals surface area contributed by atoms with Gasteiger partial charge in [0, 0.05) is 22.8 Å². The molecule has 0 saturated carbocycles. The fourth-order valence-corrected chi connectivity index (χ4v) is 3.78. The molecule has 1 atom stereocenters. The second kappa shape index (κ2) is 13.2. The van der Waals surface area contributed by atoms with E-state index >= 15 is 0 Å². The van der Waals surface area contributed by atoms with Crippen LogP contribution in [0.5, 0.6) is 5.75 Å².